The van der Waals surface area contributed by atoms with Gasteiger partial charge in [0.05, 0.1) is 11.9 Å². The molecule has 2 aromatic carbocycles. The van der Waals surface area contributed by atoms with E-state index in [1.807, 2.05) is 0 Å². The van der Waals surface area contributed by atoms with Crippen molar-refractivity contribution in [3.05, 3.63) is 54.7 Å². The summed E-state index contributed by atoms with van der Waals surface area (Å²) in [6.07, 6.45) is 2.26. The molecule has 0 atom stereocenters. The van der Waals surface area contributed by atoms with Crippen LogP contribution in [-0.4, -0.2) is 12.6 Å². The topological polar surface area (TPSA) is 15.9 Å². The van der Waals surface area contributed by atoms with E-state index in [1.165, 1.54) is 21.7 Å². The maximum absolute atomic E-state index is 3.49. The minimum absolute atomic E-state index is 0. The monoisotopic (exact) mass is 344 g/mol. The minimum atomic E-state index is 0. The zero-order chi connectivity index (χ0) is 13.9. The van der Waals surface area contributed by atoms with Gasteiger partial charge in [0.25, 0.3) is 0 Å². The number of para-hydroxylation sites is 1. The van der Waals surface area contributed by atoms with Gasteiger partial charge < -0.3 is 22.3 Å². The number of aromatic nitrogens is 1. The van der Waals surface area contributed by atoms with Gasteiger partial charge in [-0.2, -0.15) is 4.57 Å². The highest BCUT2D eigenvalue weighted by molar-refractivity contribution is 6.03. The van der Waals surface area contributed by atoms with Crippen molar-refractivity contribution in [1.82, 2.24) is 5.32 Å². The summed E-state index contributed by atoms with van der Waals surface area (Å²) in [7, 11) is 0. The number of rotatable bonds is 4. The maximum atomic E-state index is 3.49. The van der Waals surface area contributed by atoms with Crippen molar-refractivity contribution in [2.24, 2.45) is 0 Å². The molecule has 0 radical (unpaired) electrons. The van der Waals surface area contributed by atoms with Crippen LogP contribution in [0, 0.1) is 0 Å². The van der Waals surface area contributed by atoms with Gasteiger partial charge in [-0.05, 0) is 12.1 Å². The Bertz CT molecular complexity index is 737. The fourth-order valence-electron chi connectivity index (χ4n) is 2.70. The SMILES string of the molecule is CC(C)NCC[n+]1cc2ccccc2c2ccccc21.[Br-]. The van der Waals surface area contributed by atoms with Gasteiger partial charge in [-0.25, -0.2) is 0 Å². The summed E-state index contributed by atoms with van der Waals surface area (Å²) in [5, 5.41) is 7.45. The van der Waals surface area contributed by atoms with Crippen molar-refractivity contribution in [2.45, 2.75) is 26.4 Å². The van der Waals surface area contributed by atoms with Gasteiger partial charge in [-0.1, -0.05) is 44.2 Å². The molecule has 3 aromatic rings. The van der Waals surface area contributed by atoms with Crippen LogP contribution in [0.2, 0.25) is 0 Å². The van der Waals surface area contributed by atoms with Crippen LogP contribution in [0.5, 0.6) is 0 Å². The van der Waals surface area contributed by atoms with E-state index in [0.717, 1.165) is 13.1 Å². The van der Waals surface area contributed by atoms with Crippen molar-refractivity contribution < 1.29 is 21.5 Å². The number of halogens is 1. The Morgan fingerprint density at radius 1 is 0.952 bits per heavy atom. The second-order valence-electron chi connectivity index (χ2n) is 5.54. The first-order chi connectivity index (χ1) is 9.75. The molecule has 1 heterocycles. The molecule has 110 valence electrons. The summed E-state index contributed by atoms with van der Waals surface area (Å²) in [6, 6.07) is 17.8. The minimum Gasteiger partial charge on any atom is -1.00 e. The normalized spacial score (nSPS) is 11.0. The van der Waals surface area contributed by atoms with E-state index in [0.29, 0.717) is 6.04 Å². The van der Waals surface area contributed by atoms with Gasteiger partial charge in [-0.15, -0.1) is 0 Å². The first kappa shape index (κ1) is 15.9. The van der Waals surface area contributed by atoms with Crippen molar-refractivity contribution in [1.29, 1.82) is 0 Å². The highest BCUT2D eigenvalue weighted by Crippen LogP contribution is 2.21. The Morgan fingerprint density at radius 2 is 1.62 bits per heavy atom. The third-order valence-electron chi connectivity index (χ3n) is 3.66. The summed E-state index contributed by atoms with van der Waals surface area (Å²) in [4.78, 5) is 0. The number of pyridine rings is 1. The lowest BCUT2D eigenvalue weighted by Crippen LogP contribution is -3.00. The number of hydrogen-bond donors (Lipinski definition) is 1. The van der Waals surface area contributed by atoms with Crippen LogP contribution in [0.25, 0.3) is 21.7 Å². The van der Waals surface area contributed by atoms with Crippen molar-refractivity contribution in [3.63, 3.8) is 0 Å². The Labute approximate surface area is 136 Å². The third kappa shape index (κ3) is 3.42. The van der Waals surface area contributed by atoms with Crippen LogP contribution in [0.3, 0.4) is 0 Å². The molecule has 0 amide bonds. The van der Waals surface area contributed by atoms with E-state index in [1.54, 1.807) is 0 Å². The molecule has 0 bridgehead atoms. The highest BCUT2D eigenvalue weighted by atomic mass is 79.9. The maximum Gasteiger partial charge on any atom is 0.213 e. The molecular weight excluding hydrogens is 324 g/mol. The van der Waals surface area contributed by atoms with E-state index >= 15 is 0 Å². The number of benzene rings is 2. The van der Waals surface area contributed by atoms with E-state index in [4.69, 9.17) is 0 Å². The largest absolute Gasteiger partial charge is 1.00 e. The zero-order valence-electron chi connectivity index (χ0n) is 12.5. The molecule has 0 aliphatic carbocycles. The predicted molar refractivity (Wildman–Crippen MR) is 84.8 cm³/mol. The van der Waals surface area contributed by atoms with Crippen LogP contribution >= 0.6 is 0 Å². The van der Waals surface area contributed by atoms with Gasteiger partial charge >= 0.3 is 0 Å². The molecule has 2 nitrogen and oxygen atoms in total. The molecule has 1 N–H and O–H groups in total. The van der Waals surface area contributed by atoms with Gasteiger partial charge in [0.15, 0.2) is 12.7 Å². The second-order valence-corrected chi connectivity index (χ2v) is 5.54. The first-order valence-electron chi connectivity index (χ1n) is 7.29. The molecule has 21 heavy (non-hydrogen) atoms. The molecule has 3 rings (SSSR count). The van der Waals surface area contributed by atoms with Crippen LogP contribution in [-0.2, 0) is 6.54 Å². The van der Waals surface area contributed by atoms with Crippen molar-refractivity contribution >= 4 is 21.7 Å². The van der Waals surface area contributed by atoms with Gasteiger partial charge in [-0.3, -0.25) is 0 Å². The number of nitrogens with one attached hydrogen (secondary N) is 1. The molecule has 0 spiro atoms. The highest BCUT2D eigenvalue weighted by Gasteiger charge is 2.12. The molecule has 0 saturated carbocycles. The Kier molecular flexibility index (Phi) is 5.32. The fraction of sp³-hybridized carbons (Fsp3) is 0.278. The number of hydrogen-bond acceptors (Lipinski definition) is 1. The van der Waals surface area contributed by atoms with E-state index in [-0.39, 0.29) is 17.0 Å². The Hall–Kier alpha value is -1.45. The van der Waals surface area contributed by atoms with Gasteiger partial charge in [0, 0.05) is 22.9 Å². The second kappa shape index (κ2) is 7.01. The molecule has 0 saturated heterocycles. The molecule has 0 aliphatic heterocycles. The van der Waals surface area contributed by atoms with Gasteiger partial charge in [0.1, 0.15) is 0 Å². The lowest BCUT2D eigenvalue weighted by atomic mass is 10.1. The molecule has 0 unspecified atom stereocenters. The number of fused-ring (bicyclic) bond motifs is 3. The van der Waals surface area contributed by atoms with E-state index in [9.17, 15) is 0 Å². The van der Waals surface area contributed by atoms with Crippen molar-refractivity contribution in [3.8, 4) is 0 Å². The van der Waals surface area contributed by atoms with Crippen LogP contribution in [0.15, 0.2) is 54.7 Å². The summed E-state index contributed by atoms with van der Waals surface area (Å²) in [5.41, 5.74) is 1.30. The van der Waals surface area contributed by atoms with Crippen LogP contribution in [0.4, 0.5) is 0 Å². The number of nitrogens with zero attached hydrogens (tertiary/aromatic N) is 1. The Morgan fingerprint density at radius 3 is 2.38 bits per heavy atom. The molecule has 1 aromatic heterocycles. The average molecular weight is 345 g/mol. The predicted octanol–water partition coefficient (Wildman–Crippen LogP) is 0.282. The van der Waals surface area contributed by atoms with Crippen LogP contribution < -0.4 is 26.9 Å². The van der Waals surface area contributed by atoms with Gasteiger partial charge in [0.2, 0.25) is 5.52 Å². The van der Waals surface area contributed by atoms with Crippen molar-refractivity contribution in [2.75, 3.05) is 6.54 Å². The third-order valence-corrected chi connectivity index (χ3v) is 3.66. The molecular formula is C18H21BrN2. The summed E-state index contributed by atoms with van der Waals surface area (Å²) in [5.74, 6) is 0. The van der Waals surface area contributed by atoms with E-state index in [2.05, 4.69) is 78.5 Å². The summed E-state index contributed by atoms with van der Waals surface area (Å²) in [6.45, 7) is 6.35. The Balaban J connectivity index is 0.00000161. The summed E-state index contributed by atoms with van der Waals surface area (Å²) >= 11 is 0. The summed E-state index contributed by atoms with van der Waals surface area (Å²) < 4.78 is 2.35. The first-order valence-corrected chi connectivity index (χ1v) is 7.29. The molecule has 3 heteroatoms. The molecule has 0 fully saturated rings. The fourth-order valence-corrected chi connectivity index (χ4v) is 2.70. The quantitative estimate of drug-likeness (QED) is 0.531. The smallest absolute Gasteiger partial charge is 0.213 e. The van der Waals surface area contributed by atoms with E-state index < -0.39 is 0 Å². The lowest BCUT2D eigenvalue weighted by molar-refractivity contribution is -0.668. The molecule has 0 aliphatic rings. The average Bonchev–Trinajstić information content (AvgIpc) is 2.47. The lowest BCUT2D eigenvalue weighted by Gasteiger charge is -2.08. The zero-order valence-corrected chi connectivity index (χ0v) is 14.1. The standard InChI is InChI=1S/C18H21N2.BrH/c1-14(2)19-11-12-20-13-15-7-3-4-8-16(15)17-9-5-6-10-18(17)20;/h3-10,13-14,19H,11-12H2,1-2H3;1H/q+1;/p-1. The van der Waals surface area contributed by atoms with Crippen LogP contribution in [0.1, 0.15) is 13.8 Å².